The van der Waals surface area contributed by atoms with E-state index in [-0.39, 0.29) is 11.4 Å². The maximum Gasteiger partial charge on any atom is 0.275 e. The van der Waals surface area contributed by atoms with E-state index in [1.54, 1.807) is 13.8 Å². The Kier molecular flexibility index (Phi) is 1.84. The lowest BCUT2D eigenvalue weighted by atomic mass is 10.1. The van der Waals surface area contributed by atoms with Crippen LogP contribution in [-0.4, -0.2) is 30.8 Å². The van der Waals surface area contributed by atoms with Crippen LogP contribution in [0.1, 0.15) is 11.3 Å². The van der Waals surface area contributed by atoms with Gasteiger partial charge in [0.15, 0.2) is 0 Å². The highest BCUT2D eigenvalue weighted by Gasteiger charge is 2.13. The molecule has 0 atom stereocenters. The van der Waals surface area contributed by atoms with Crippen LogP contribution in [-0.2, 0) is 0 Å². The Hall–Kier alpha value is -2.05. The Labute approximate surface area is 78.6 Å². The average molecular weight is 192 g/mol. The SMILES string of the molecule is Cc1n[nH]c(=O)c(-c2nn[nH]n2)c1C. The number of rotatable bonds is 1. The highest BCUT2D eigenvalue weighted by molar-refractivity contribution is 5.57. The van der Waals surface area contributed by atoms with E-state index in [1.807, 2.05) is 0 Å². The maximum atomic E-state index is 11.5. The number of aromatic nitrogens is 6. The molecule has 0 aliphatic rings. The summed E-state index contributed by atoms with van der Waals surface area (Å²) >= 11 is 0. The quantitative estimate of drug-likeness (QED) is 0.638. The third-order valence-corrected chi connectivity index (χ3v) is 2.04. The Morgan fingerprint density at radius 3 is 2.64 bits per heavy atom. The smallest absolute Gasteiger partial charge is 0.267 e. The number of aromatic amines is 2. The van der Waals surface area contributed by atoms with E-state index in [2.05, 4.69) is 30.8 Å². The summed E-state index contributed by atoms with van der Waals surface area (Å²) in [6.45, 7) is 3.60. The number of H-pyrrole nitrogens is 2. The third kappa shape index (κ3) is 1.18. The summed E-state index contributed by atoms with van der Waals surface area (Å²) in [4.78, 5) is 11.5. The van der Waals surface area contributed by atoms with Crippen LogP contribution in [0.15, 0.2) is 4.79 Å². The molecule has 0 unspecified atom stereocenters. The van der Waals surface area contributed by atoms with Crippen LogP contribution < -0.4 is 5.56 Å². The zero-order valence-corrected chi connectivity index (χ0v) is 7.70. The molecule has 2 N–H and O–H groups in total. The van der Waals surface area contributed by atoms with Crippen molar-refractivity contribution >= 4 is 0 Å². The zero-order chi connectivity index (χ0) is 10.1. The number of tetrazole rings is 1. The Balaban J connectivity index is 2.75. The van der Waals surface area contributed by atoms with E-state index in [0.717, 1.165) is 11.3 Å². The summed E-state index contributed by atoms with van der Waals surface area (Å²) in [5, 5.41) is 19.4. The highest BCUT2D eigenvalue weighted by Crippen LogP contribution is 2.14. The van der Waals surface area contributed by atoms with Gasteiger partial charge in [-0.05, 0) is 24.6 Å². The molecule has 0 aromatic carbocycles. The normalized spacial score (nSPS) is 10.4. The van der Waals surface area contributed by atoms with Gasteiger partial charge in [0.25, 0.3) is 5.56 Å². The molecule has 2 rings (SSSR count). The van der Waals surface area contributed by atoms with Crippen LogP contribution in [0.25, 0.3) is 11.4 Å². The summed E-state index contributed by atoms with van der Waals surface area (Å²) in [6, 6.07) is 0. The summed E-state index contributed by atoms with van der Waals surface area (Å²) in [5.74, 6) is 0.286. The number of hydrogen-bond donors (Lipinski definition) is 2. The number of hydrogen-bond acceptors (Lipinski definition) is 5. The molecule has 7 nitrogen and oxygen atoms in total. The molecule has 0 amide bonds. The Morgan fingerprint density at radius 1 is 1.21 bits per heavy atom. The molecule has 7 heteroatoms. The minimum absolute atomic E-state index is 0.286. The summed E-state index contributed by atoms with van der Waals surface area (Å²) in [7, 11) is 0. The van der Waals surface area contributed by atoms with E-state index in [1.165, 1.54) is 0 Å². The van der Waals surface area contributed by atoms with Crippen molar-refractivity contribution in [3.05, 3.63) is 21.6 Å². The lowest BCUT2D eigenvalue weighted by molar-refractivity contribution is 0.881. The Morgan fingerprint density at radius 2 is 2.00 bits per heavy atom. The van der Waals surface area contributed by atoms with Gasteiger partial charge in [-0.25, -0.2) is 5.10 Å². The van der Waals surface area contributed by atoms with Crippen molar-refractivity contribution in [3.8, 4) is 11.4 Å². The van der Waals surface area contributed by atoms with Gasteiger partial charge in [-0.2, -0.15) is 10.3 Å². The standard InChI is InChI=1S/C7H8N6O/c1-3-4(2)8-11-7(14)5(3)6-9-12-13-10-6/h1-2H3,(H,11,14)(H,9,10,12,13). The van der Waals surface area contributed by atoms with Gasteiger partial charge >= 0.3 is 0 Å². The summed E-state index contributed by atoms with van der Waals surface area (Å²) in [6.07, 6.45) is 0. The van der Waals surface area contributed by atoms with Crippen LogP contribution in [0.4, 0.5) is 0 Å². The second kappa shape index (κ2) is 3.02. The summed E-state index contributed by atoms with van der Waals surface area (Å²) < 4.78 is 0. The van der Waals surface area contributed by atoms with Crippen LogP contribution in [0.2, 0.25) is 0 Å². The first-order valence-corrected chi connectivity index (χ1v) is 4.00. The minimum atomic E-state index is -0.311. The fraction of sp³-hybridized carbons (Fsp3) is 0.286. The lowest BCUT2D eigenvalue weighted by Crippen LogP contribution is -2.15. The van der Waals surface area contributed by atoms with E-state index in [0.29, 0.717) is 5.56 Å². The van der Waals surface area contributed by atoms with Crippen molar-refractivity contribution in [1.29, 1.82) is 0 Å². The Bertz CT molecular complexity index is 499. The monoisotopic (exact) mass is 192 g/mol. The van der Waals surface area contributed by atoms with E-state index < -0.39 is 0 Å². The first kappa shape index (κ1) is 8.54. The van der Waals surface area contributed by atoms with Gasteiger partial charge in [0, 0.05) is 0 Å². The van der Waals surface area contributed by atoms with Gasteiger partial charge in [-0.15, -0.1) is 10.2 Å². The topological polar surface area (TPSA) is 100 Å². The van der Waals surface area contributed by atoms with Crippen molar-refractivity contribution in [3.63, 3.8) is 0 Å². The largest absolute Gasteiger partial charge is 0.275 e. The first-order valence-electron chi connectivity index (χ1n) is 4.00. The molecule has 0 bridgehead atoms. The number of aryl methyl sites for hydroxylation is 1. The second-order valence-electron chi connectivity index (χ2n) is 2.87. The zero-order valence-electron chi connectivity index (χ0n) is 7.70. The van der Waals surface area contributed by atoms with Crippen LogP contribution in [0.3, 0.4) is 0 Å². The van der Waals surface area contributed by atoms with Crippen LogP contribution >= 0.6 is 0 Å². The van der Waals surface area contributed by atoms with Gasteiger partial charge in [0.1, 0.15) is 0 Å². The number of nitrogens with one attached hydrogen (secondary N) is 2. The van der Waals surface area contributed by atoms with Gasteiger partial charge in [0.2, 0.25) is 5.82 Å². The highest BCUT2D eigenvalue weighted by atomic mass is 16.1. The molecular formula is C7H8N6O. The average Bonchev–Trinajstić information content (AvgIpc) is 2.65. The molecule has 0 aliphatic carbocycles. The first-order chi connectivity index (χ1) is 6.70. The van der Waals surface area contributed by atoms with E-state index in [4.69, 9.17) is 0 Å². The third-order valence-electron chi connectivity index (χ3n) is 2.04. The predicted octanol–water partition coefficient (Wildman–Crippen LogP) is -0.433. The van der Waals surface area contributed by atoms with Crippen molar-refractivity contribution in [2.75, 3.05) is 0 Å². The molecule has 0 spiro atoms. The maximum absolute atomic E-state index is 11.5. The summed E-state index contributed by atoms with van der Waals surface area (Å²) in [5.41, 5.74) is 1.60. The second-order valence-corrected chi connectivity index (χ2v) is 2.87. The fourth-order valence-corrected chi connectivity index (χ4v) is 1.16. The van der Waals surface area contributed by atoms with E-state index in [9.17, 15) is 4.79 Å². The van der Waals surface area contributed by atoms with Crippen molar-refractivity contribution in [2.45, 2.75) is 13.8 Å². The van der Waals surface area contributed by atoms with Gasteiger partial charge in [-0.1, -0.05) is 0 Å². The lowest BCUT2D eigenvalue weighted by Gasteiger charge is -2.01. The molecule has 0 radical (unpaired) electrons. The molecule has 0 aliphatic heterocycles. The predicted molar refractivity (Wildman–Crippen MR) is 47.5 cm³/mol. The van der Waals surface area contributed by atoms with Crippen molar-refractivity contribution in [2.24, 2.45) is 0 Å². The molecule has 0 fully saturated rings. The molecule has 0 saturated carbocycles. The minimum Gasteiger partial charge on any atom is -0.267 e. The van der Waals surface area contributed by atoms with Crippen LogP contribution in [0, 0.1) is 13.8 Å². The fourth-order valence-electron chi connectivity index (χ4n) is 1.16. The van der Waals surface area contributed by atoms with Crippen molar-refractivity contribution < 1.29 is 0 Å². The molecule has 0 saturated heterocycles. The molecule has 2 aromatic heterocycles. The van der Waals surface area contributed by atoms with Gasteiger partial charge < -0.3 is 0 Å². The molecule has 2 aromatic rings. The van der Waals surface area contributed by atoms with Crippen LogP contribution in [0.5, 0.6) is 0 Å². The molecule has 2 heterocycles. The van der Waals surface area contributed by atoms with E-state index >= 15 is 0 Å². The molecule has 14 heavy (non-hydrogen) atoms. The van der Waals surface area contributed by atoms with Crippen molar-refractivity contribution in [1.82, 2.24) is 30.8 Å². The van der Waals surface area contributed by atoms with Gasteiger partial charge in [0.05, 0.1) is 11.3 Å². The molecule has 72 valence electrons. The number of nitrogens with zero attached hydrogens (tertiary/aromatic N) is 4. The van der Waals surface area contributed by atoms with Gasteiger partial charge in [-0.3, -0.25) is 4.79 Å². The molecular weight excluding hydrogens is 184 g/mol.